The molecule has 1 aliphatic carbocycles. The summed E-state index contributed by atoms with van der Waals surface area (Å²) >= 11 is 0. The highest BCUT2D eigenvalue weighted by molar-refractivity contribution is 5.86. The van der Waals surface area contributed by atoms with Crippen LogP contribution < -0.4 is 0 Å². The molecule has 0 aromatic carbocycles. The minimum Gasteiger partial charge on any atom is -0.340 e. The molecule has 2 fully saturated rings. The van der Waals surface area contributed by atoms with Crippen LogP contribution in [0.25, 0.3) is 0 Å². The fourth-order valence-electron chi connectivity index (χ4n) is 3.17. The first kappa shape index (κ1) is 13.4. The molecule has 100 valence electrons. The van der Waals surface area contributed by atoms with E-state index in [0.29, 0.717) is 6.04 Å². The first-order chi connectivity index (χ1) is 8.66. The molecule has 1 amide bonds. The molecule has 0 bridgehead atoms. The number of amides is 1. The fourth-order valence-corrected chi connectivity index (χ4v) is 3.17. The van der Waals surface area contributed by atoms with Crippen LogP contribution in [0.2, 0.25) is 0 Å². The van der Waals surface area contributed by atoms with Crippen molar-refractivity contribution in [2.75, 3.05) is 26.2 Å². The lowest BCUT2D eigenvalue weighted by atomic mass is 9.69. The molecule has 0 aromatic rings. The van der Waals surface area contributed by atoms with Gasteiger partial charge in [0.05, 0.1) is 6.07 Å². The molecular formula is C14H23N3O. The van der Waals surface area contributed by atoms with Crippen molar-refractivity contribution in [1.29, 1.82) is 5.26 Å². The van der Waals surface area contributed by atoms with Crippen molar-refractivity contribution in [2.45, 2.75) is 45.6 Å². The second kappa shape index (κ2) is 5.27. The highest BCUT2D eigenvalue weighted by Gasteiger charge is 2.48. The maximum Gasteiger partial charge on any atom is 0.243 e. The maximum absolute atomic E-state index is 12.4. The van der Waals surface area contributed by atoms with Gasteiger partial charge < -0.3 is 4.90 Å². The van der Waals surface area contributed by atoms with Gasteiger partial charge in [-0.3, -0.25) is 9.69 Å². The van der Waals surface area contributed by atoms with Crippen LogP contribution in [0.1, 0.15) is 39.5 Å². The predicted molar refractivity (Wildman–Crippen MR) is 69.8 cm³/mol. The van der Waals surface area contributed by atoms with Gasteiger partial charge in [-0.15, -0.1) is 0 Å². The topological polar surface area (TPSA) is 47.3 Å². The molecule has 4 nitrogen and oxygen atoms in total. The van der Waals surface area contributed by atoms with Gasteiger partial charge in [0.15, 0.2) is 0 Å². The number of nitrogens with zero attached hydrogens (tertiary/aromatic N) is 3. The Labute approximate surface area is 110 Å². The smallest absolute Gasteiger partial charge is 0.243 e. The summed E-state index contributed by atoms with van der Waals surface area (Å²) in [6, 6.07) is 2.74. The number of likely N-dealkylation sites (N-methyl/N-ethyl adjacent to an activating group) is 1. The lowest BCUT2D eigenvalue weighted by molar-refractivity contribution is -0.142. The summed E-state index contributed by atoms with van der Waals surface area (Å²) < 4.78 is 0. The fraction of sp³-hybridized carbons (Fsp3) is 0.857. The molecule has 2 rings (SSSR count). The molecular weight excluding hydrogens is 226 g/mol. The van der Waals surface area contributed by atoms with E-state index in [1.54, 1.807) is 0 Å². The Kier molecular flexibility index (Phi) is 3.91. The number of nitriles is 1. The van der Waals surface area contributed by atoms with Crippen LogP contribution in [0, 0.1) is 16.7 Å². The second-order valence-corrected chi connectivity index (χ2v) is 5.46. The third kappa shape index (κ3) is 2.12. The zero-order chi connectivity index (χ0) is 13.2. The summed E-state index contributed by atoms with van der Waals surface area (Å²) in [5, 5.41) is 9.23. The van der Waals surface area contributed by atoms with Gasteiger partial charge >= 0.3 is 0 Å². The summed E-state index contributed by atoms with van der Waals surface area (Å²) in [5.41, 5.74) is -0.669. The van der Waals surface area contributed by atoms with Crippen LogP contribution in [-0.2, 0) is 4.79 Å². The Balaban J connectivity index is 1.97. The summed E-state index contributed by atoms with van der Waals surface area (Å²) in [4.78, 5) is 16.7. The number of carbonyl (C=O) groups excluding carboxylic acids is 1. The standard InChI is InChI=1S/C14H23N3O/c1-3-16(4-2)12-6-9-17(10-12)13(18)14(11-15)7-5-8-14/h12H,3-10H2,1-2H3. The molecule has 1 saturated carbocycles. The van der Waals surface area contributed by atoms with Crippen LogP contribution in [0.4, 0.5) is 0 Å². The van der Waals surface area contributed by atoms with Crippen molar-refractivity contribution in [3.8, 4) is 6.07 Å². The van der Waals surface area contributed by atoms with Crippen LogP contribution >= 0.6 is 0 Å². The van der Waals surface area contributed by atoms with Crippen LogP contribution in [0.5, 0.6) is 0 Å². The van der Waals surface area contributed by atoms with Crippen LogP contribution in [-0.4, -0.2) is 47.9 Å². The molecule has 0 spiro atoms. The summed E-state index contributed by atoms with van der Waals surface area (Å²) in [7, 11) is 0. The normalized spacial score (nSPS) is 25.9. The van der Waals surface area contributed by atoms with Gasteiger partial charge in [0.25, 0.3) is 0 Å². The molecule has 1 heterocycles. The van der Waals surface area contributed by atoms with Gasteiger partial charge in [0, 0.05) is 19.1 Å². The molecule has 18 heavy (non-hydrogen) atoms. The zero-order valence-corrected chi connectivity index (χ0v) is 11.5. The van der Waals surface area contributed by atoms with E-state index in [4.69, 9.17) is 0 Å². The van der Waals surface area contributed by atoms with Crippen molar-refractivity contribution in [1.82, 2.24) is 9.80 Å². The Morgan fingerprint density at radius 2 is 2.11 bits per heavy atom. The molecule has 0 aromatic heterocycles. The Hall–Kier alpha value is -1.08. The van der Waals surface area contributed by atoms with E-state index in [-0.39, 0.29) is 5.91 Å². The van der Waals surface area contributed by atoms with Crippen molar-refractivity contribution in [3.05, 3.63) is 0 Å². The zero-order valence-electron chi connectivity index (χ0n) is 11.5. The molecule has 4 heteroatoms. The van der Waals surface area contributed by atoms with E-state index in [1.807, 2.05) is 4.90 Å². The lowest BCUT2D eigenvalue weighted by Gasteiger charge is -2.37. The average Bonchev–Trinajstić information content (AvgIpc) is 2.79. The summed E-state index contributed by atoms with van der Waals surface area (Å²) in [6.07, 6.45) is 3.59. The molecule has 1 saturated heterocycles. The van der Waals surface area contributed by atoms with E-state index in [0.717, 1.165) is 51.9 Å². The molecule has 1 atom stereocenters. The minimum atomic E-state index is -0.669. The first-order valence-electron chi connectivity index (χ1n) is 7.11. The van der Waals surface area contributed by atoms with Crippen molar-refractivity contribution < 1.29 is 4.79 Å². The largest absolute Gasteiger partial charge is 0.340 e. The average molecular weight is 249 g/mol. The van der Waals surface area contributed by atoms with Crippen molar-refractivity contribution >= 4 is 5.91 Å². The summed E-state index contributed by atoms with van der Waals surface area (Å²) in [6.45, 7) is 8.03. The quantitative estimate of drug-likeness (QED) is 0.760. The number of rotatable bonds is 4. The van der Waals surface area contributed by atoms with Gasteiger partial charge in [-0.25, -0.2) is 0 Å². The van der Waals surface area contributed by atoms with E-state index in [2.05, 4.69) is 24.8 Å². The second-order valence-electron chi connectivity index (χ2n) is 5.46. The number of likely N-dealkylation sites (tertiary alicyclic amines) is 1. The van der Waals surface area contributed by atoms with E-state index in [9.17, 15) is 10.1 Å². The third-order valence-corrected chi connectivity index (χ3v) is 4.61. The highest BCUT2D eigenvalue weighted by Crippen LogP contribution is 2.42. The number of hydrogen-bond donors (Lipinski definition) is 0. The lowest BCUT2D eigenvalue weighted by Crippen LogP contribution is -2.47. The molecule has 2 aliphatic rings. The Bertz CT molecular complexity index is 353. The monoisotopic (exact) mass is 249 g/mol. The Morgan fingerprint density at radius 1 is 1.44 bits per heavy atom. The predicted octanol–water partition coefficient (Wildman–Crippen LogP) is 1.62. The molecule has 0 radical (unpaired) electrons. The van der Waals surface area contributed by atoms with Gasteiger partial charge in [-0.2, -0.15) is 5.26 Å². The number of hydrogen-bond acceptors (Lipinski definition) is 3. The van der Waals surface area contributed by atoms with Gasteiger partial charge in [0.1, 0.15) is 5.41 Å². The van der Waals surface area contributed by atoms with Gasteiger partial charge in [-0.05, 0) is 38.8 Å². The van der Waals surface area contributed by atoms with Crippen LogP contribution in [0.3, 0.4) is 0 Å². The molecule has 0 N–H and O–H groups in total. The summed E-state index contributed by atoms with van der Waals surface area (Å²) in [5.74, 6) is 0.0888. The highest BCUT2D eigenvalue weighted by atomic mass is 16.2. The molecule has 1 unspecified atom stereocenters. The first-order valence-corrected chi connectivity index (χ1v) is 7.11. The number of carbonyl (C=O) groups is 1. The SMILES string of the molecule is CCN(CC)C1CCN(C(=O)C2(C#N)CCC2)C1. The van der Waals surface area contributed by atoms with E-state index < -0.39 is 5.41 Å². The van der Waals surface area contributed by atoms with Crippen molar-refractivity contribution in [2.24, 2.45) is 5.41 Å². The third-order valence-electron chi connectivity index (χ3n) is 4.61. The Morgan fingerprint density at radius 3 is 2.56 bits per heavy atom. The van der Waals surface area contributed by atoms with Gasteiger partial charge in [-0.1, -0.05) is 13.8 Å². The van der Waals surface area contributed by atoms with Crippen molar-refractivity contribution in [3.63, 3.8) is 0 Å². The van der Waals surface area contributed by atoms with Crippen LogP contribution in [0.15, 0.2) is 0 Å². The minimum absolute atomic E-state index is 0.0888. The van der Waals surface area contributed by atoms with E-state index in [1.165, 1.54) is 0 Å². The van der Waals surface area contributed by atoms with E-state index >= 15 is 0 Å². The molecule has 1 aliphatic heterocycles. The van der Waals surface area contributed by atoms with Gasteiger partial charge in [0.2, 0.25) is 5.91 Å². The maximum atomic E-state index is 12.4.